The van der Waals surface area contributed by atoms with E-state index in [9.17, 15) is 14.4 Å². The molecule has 6 N–H and O–H groups in total. The number of hydrogen-bond acceptors (Lipinski definition) is 5. The van der Waals surface area contributed by atoms with Gasteiger partial charge in [-0.3, -0.25) is 19.8 Å². The van der Waals surface area contributed by atoms with Gasteiger partial charge in [0.15, 0.2) is 5.96 Å². The van der Waals surface area contributed by atoms with E-state index in [4.69, 9.17) is 15.9 Å². The minimum atomic E-state index is -0.792. The number of esters is 1. The van der Waals surface area contributed by atoms with E-state index >= 15 is 0 Å². The smallest absolute Gasteiger partial charge is 0.309 e. The standard InChI is InChI=1S/C30H35N5O4/c1-39-26(36)19-21-14-16-22(17-15-21)20-34-28(37)25(13-8-18-33-30(31)32)35-29(38)27(23-9-4-2-5-10-23)24-11-6-3-7-12-24/h2-7,9-12,14-17,25,27H,8,13,18-20H2,1H3,(H,34,37)(H,35,38)(H4,31,32,33)/t25-/m1/s1. The highest BCUT2D eigenvalue weighted by atomic mass is 16.5. The van der Waals surface area contributed by atoms with Gasteiger partial charge in [0, 0.05) is 13.1 Å². The molecule has 204 valence electrons. The summed E-state index contributed by atoms with van der Waals surface area (Å²) in [6, 6.07) is 25.4. The van der Waals surface area contributed by atoms with Crippen LogP contribution in [0.1, 0.15) is 41.0 Å². The van der Waals surface area contributed by atoms with Crippen LogP contribution in [0, 0.1) is 5.41 Å². The van der Waals surface area contributed by atoms with Crippen LogP contribution in [0.15, 0.2) is 84.9 Å². The molecule has 2 amide bonds. The normalized spacial score (nSPS) is 11.3. The minimum Gasteiger partial charge on any atom is -0.469 e. The predicted molar refractivity (Wildman–Crippen MR) is 150 cm³/mol. The van der Waals surface area contributed by atoms with Crippen molar-refractivity contribution in [2.45, 2.75) is 37.8 Å². The molecule has 0 aliphatic heterocycles. The fourth-order valence-electron chi connectivity index (χ4n) is 4.17. The quantitative estimate of drug-likeness (QED) is 0.0996. The Morgan fingerprint density at radius 3 is 1.92 bits per heavy atom. The first-order valence-corrected chi connectivity index (χ1v) is 12.8. The van der Waals surface area contributed by atoms with Crippen molar-refractivity contribution < 1.29 is 19.1 Å². The fraction of sp³-hybridized carbons (Fsp3) is 0.267. The molecule has 0 aliphatic carbocycles. The summed E-state index contributed by atoms with van der Waals surface area (Å²) in [5.41, 5.74) is 8.69. The van der Waals surface area contributed by atoms with Gasteiger partial charge < -0.3 is 26.4 Å². The van der Waals surface area contributed by atoms with Gasteiger partial charge in [0.05, 0.1) is 19.4 Å². The first-order valence-electron chi connectivity index (χ1n) is 12.8. The Bertz CT molecular complexity index is 1190. The minimum absolute atomic E-state index is 0.149. The second-order valence-electron chi connectivity index (χ2n) is 9.09. The van der Waals surface area contributed by atoms with E-state index in [1.165, 1.54) is 7.11 Å². The monoisotopic (exact) mass is 529 g/mol. The van der Waals surface area contributed by atoms with E-state index in [2.05, 4.69) is 16.0 Å². The Kier molecular flexibility index (Phi) is 11.1. The molecule has 0 heterocycles. The number of nitrogens with two attached hydrogens (primary N) is 1. The lowest BCUT2D eigenvalue weighted by Crippen LogP contribution is -2.48. The van der Waals surface area contributed by atoms with Crippen LogP contribution in [0.3, 0.4) is 0 Å². The van der Waals surface area contributed by atoms with E-state index < -0.39 is 12.0 Å². The predicted octanol–water partition coefficient (Wildman–Crippen LogP) is 2.60. The van der Waals surface area contributed by atoms with E-state index in [1.54, 1.807) is 0 Å². The fourth-order valence-corrected chi connectivity index (χ4v) is 4.17. The summed E-state index contributed by atoms with van der Waals surface area (Å²) in [7, 11) is 1.35. The number of benzene rings is 3. The molecule has 3 aromatic carbocycles. The number of amides is 2. The van der Waals surface area contributed by atoms with Crippen molar-refractivity contribution in [1.29, 1.82) is 5.41 Å². The van der Waals surface area contributed by atoms with Crippen molar-refractivity contribution >= 4 is 23.7 Å². The molecule has 0 unspecified atom stereocenters. The third-order valence-corrected chi connectivity index (χ3v) is 6.21. The molecule has 0 aliphatic rings. The van der Waals surface area contributed by atoms with Crippen LogP contribution >= 0.6 is 0 Å². The Balaban J connectivity index is 1.72. The zero-order chi connectivity index (χ0) is 28.0. The van der Waals surface area contributed by atoms with Crippen LogP contribution in [0.2, 0.25) is 0 Å². The first kappa shape index (κ1) is 28.9. The molecule has 39 heavy (non-hydrogen) atoms. The molecule has 0 spiro atoms. The number of rotatable bonds is 13. The molecule has 9 nitrogen and oxygen atoms in total. The highest BCUT2D eigenvalue weighted by Gasteiger charge is 2.27. The second kappa shape index (κ2) is 14.9. The van der Waals surface area contributed by atoms with Crippen molar-refractivity contribution in [1.82, 2.24) is 16.0 Å². The molecule has 1 atom stereocenters. The summed E-state index contributed by atoms with van der Waals surface area (Å²) in [5.74, 6) is -1.65. The number of ether oxygens (including phenoxy) is 1. The third kappa shape index (κ3) is 9.30. The van der Waals surface area contributed by atoms with Gasteiger partial charge in [0.2, 0.25) is 11.8 Å². The van der Waals surface area contributed by atoms with Gasteiger partial charge in [-0.1, -0.05) is 84.9 Å². The summed E-state index contributed by atoms with van der Waals surface area (Å²) in [5, 5.41) is 15.9. The van der Waals surface area contributed by atoms with Crippen molar-refractivity contribution in [2.24, 2.45) is 5.73 Å². The van der Waals surface area contributed by atoms with E-state index in [0.717, 1.165) is 22.3 Å². The lowest BCUT2D eigenvalue weighted by atomic mass is 9.90. The molecule has 0 saturated carbocycles. The lowest BCUT2D eigenvalue weighted by molar-refractivity contribution is -0.139. The second-order valence-corrected chi connectivity index (χ2v) is 9.09. The van der Waals surface area contributed by atoms with Crippen LogP contribution in [0.4, 0.5) is 0 Å². The number of carbonyl (C=O) groups is 3. The number of methoxy groups -OCH3 is 1. The summed E-state index contributed by atoms with van der Waals surface area (Å²) in [6.45, 7) is 0.660. The Hall–Kier alpha value is -4.66. The van der Waals surface area contributed by atoms with Gasteiger partial charge in [0.25, 0.3) is 0 Å². The highest BCUT2D eigenvalue weighted by molar-refractivity contribution is 5.92. The maximum Gasteiger partial charge on any atom is 0.309 e. The number of guanidine groups is 1. The molecule has 3 aromatic rings. The van der Waals surface area contributed by atoms with Gasteiger partial charge >= 0.3 is 5.97 Å². The Labute approximate surface area is 228 Å². The Morgan fingerprint density at radius 1 is 0.821 bits per heavy atom. The largest absolute Gasteiger partial charge is 0.469 e. The molecule has 0 radical (unpaired) electrons. The summed E-state index contributed by atoms with van der Waals surface area (Å²) in [6.07, 6.45) is 1.04. The van der Waals surface area contributed by atoms with Gasteiger partial charge in [0.1, 0.15) is 6.04 Å². The number of nitrogens with one attached hydrogen (secondary N) is 4. The van der Waals surface area contributed by atoms with Crippen LogP contribution in [-0.4, -0.2) is 43.4 Å². The van der Waals surface area contributed by atoms with Gasteiger partial charge in [-0.15, -0.1) is 0 Å². The lowest BCUT2D eigenvalue weighted by Gasteiger charge is -2.23. The Morgan fingerprint density at radius 2 is 1.38 bits per heavy atom. The van der Waals surface area contributed by atoms with E-state index in [-0.39, 0.29) is 36.7 Å². The maximum atomic E-state index is 13.6. The summed E-state index contributed by atoms with van der Waals surface area (Å²) < 4.78 is 4.69. The first-order chi connectivity index (χ1) is 18.9. The van der Waals surface area contributed by atoms with E-state index in [1.807, 2.05) is 84.9 Å². The molecule has 0 fully saturated rings. The van der Waals surface area contributed by atoms with Crippen LogP contribution in [-0.2, 0) is 32.1 Å². The van der Waals surface area contributed by atoms with Gasteiger partial charge in [-0.25, -0.2) is 0 Å². The zero-order valence-electron chi connectivity index (χ0n) is 22.0. The topological polar surface area (TPSA) is 146 Å². The molecule has 0 aromatic heterocycles. The molecule has 0 bridgehead atoms. The highest BCUT2D eigenvalue weighted by Crippen LogP contribution is 2.25. The van der Waals surface area contributed by atoms with Crippen molar-refractivity contribution in [3.05, 3.63) is 107 Å². The van der Waals surface area contributed by atoms with Crippen molar-refractivity contribution in [3.63, 3.8) is 0 Å². The van der Waals surface area contributed by atoms with E-state index in [0.29, 0.717) is 19.4 Å². The van der Waals surface area contributed by atoms with Crippen molar-refractivity contribution in [2.75, 3.05) is 13.7 Å². The van der Waals surface area contributed by atoms with Crippen LogP contribution in [0.25, 0.3) is 0 Å². The van der Waals surface area contributed by atoms with Gasteiger partial charge in [-0.05, 0) is 35.1 Å². The summed E-state index contributed by atoms with van der Waals surface area (Å²) >= 11 is 0. The maximum absolute atomic E-state index is 13.6. The SMILES string of the molecule is COC(=O)Cc1ccc(CNC(=O)[C@@H](CCCNC(=N)N)NC(=O)C(c2ccccc2)c2ccccc2)cc1. The summed E-state index contributed by atoms with van der Waals surface area (Å²) in [4.78, 5) is 38.4. The third-order valence-electron chi connectivity index (χ3n) is 6.21. The average Bonchev–Trinajstić information content (AvgIpc) is 2.95. The number of hydrogen-bond donors (Lipinski definition) is 5. The average molecular weight is 530 g/mol. The zero-order valence-corrected chi connectivity index (χ0v) is 22.0. The molecule has 9 heteroatoms. The van der Waals surface area contributed by atoms with Gasteiger partial charge in [-0.2, -0.15) is 0 Å². The van der Waals surface area contributed by atoms with Crippen LogP contribution in [0.5, 0.6) is 0 Å². The number of carbonyl (C=O) groups excluding carboxylic acids is 3. The molecule has 3 rings (SSSR count). The molecular formula is C30H35N5O4. The van der Waals surface area contributed by atoms with Crippen LogP contribution < -0.4 is 21.7 Å². The van der Waals surface area contributed by atoms with Crippen molar-refractivity contribution in [3.8, 4) is 0 Å². The molecular weight excluding hydrogens is 494 g/mol. The molecule has 0 saturated heterocycles.